The standard InChI is InChI=1S/C20H32N4O4/c1-11-9-24(17(26)22-14(11)21)15-12-13(27-19(5,6)7)20(28-15,10-18(2,3)4)16(25)23(12)8/h9,12-13,15H,10H2,1-8H3,(H2,21,22,26)/t12?,13?,15-,20-/m1/s1. The summed E-state index contributed by atoms with van der Waals surface area (Å²) in [5, 5.41) is 0. The van der Waals surface area contributed by atoms with Crippen molar-refractivity contribution in [3.63, 3.8) is 0 Å². The van der Waals surface area contributed by atoms with Gasteiger partial charge in [0, 0.05) is 18.8 Å². The molecule has 0 aliphatic carbocycles. The first-order chi connectivity index (χ1) is 12.7. The molecule has 0 radical (unpaired) electrons. The van der Waals surface area contributed by atoms with Crippen LogP contribution in [0.1, 0.15) is 59.8 Å². The third-order valence-corrected chi connectivity index (χ3v) is 5.24. The van der Waals surface area contributed by atoms with Crippen molar-refractivity contribution in [2.75, 3.05) is 12.8 Å². The van der Waals surface area contributed by atoms with Gasteiger partial charge in [-0.15, -0.1) is 0 Å². The van der Waals surface area contributed by atoms with Crippen molar-refractivity contribution >= 4 is 11.7 Å². The number of ether oxygens (including phenoxy) is 2. The monoisotopic (exact) mass is 392 g/mol. The number of hydrogen-bond donors (Lipinski definition) is 1. The number of nitrogen functional groups attached to an aromatic ring is 1. The minimum absolute atomic E-state index is 0.105. The van der Waals surface area contributed by atoms with Crippen molar-refractivity contribution in [1.29, 1.82) is 0 Å². The van der Waals surface area contributed by atoms with Crippen molar-refractivity contribution < 1.29 is 14.3 Å². The van der Waals surface area contributed by atoms with E-state index in [-0.39, 0.29) is 17.1 Å². The van der Waals surface area contributed by atoms with Crippen LogP contribution >= 0.6 is 0 Å². The number of rotatable bonds is 3. The van der Waals surface area contributed by atoms with Gasteiger partial charge in [0.1, 0.15) is 18.0 Å². The lowest BCUT2D eigenvalue weighted by Gasteiger charge is -2.38. The lowest BCUT2D eigenvalue weighted by molar-refractivity contribution is -0.186. The topological polar surface area (TPSA) is 99.7 Å². The summed E-state index contributed by atoms with van der Waals surface area (Å²) in [6.45, 7) is 13.8. The number of fused-ring (bicyclic) bond motifs is 2. The SMILES string of the molecule is Cc1cn([C@@H]2O[C@@]3(CC(C)(C)C)C(=O)N(C)C2C3OC(C)(C)C)c(=O)nc1N. The largest absolute Gasteiger partial charge is 0.383 e. The number of anilines is 1. The van der Waals surface area contributed by atoms with Gasteiger partial charge in [-0.05, 0) is 39.5 Å². The summed E-state index contributed by atoms with van der Waals surface area (Å²) in [6.07, 6.45) is 0.941. The first-order valence-electron chi connectivity index (χ1n) is 9.64. The third-order valence-electron chi connectivity index (χ3n) is 5.24. The summed E-state index contributed by atoms with van der Waals surface area (Å²) in [4.78, 5) is 31.4. The minimum Gasteiger partial charge on any atom is -0.383 e. The molecule has 1 amide bonds. The predicted molar refractivity (Wildman–Crippen MR) is 106 cm³/mol. The molecular formula is C20H32N4O4. The summed E-state index contributed by atoms with van der Waals surface area (Å²) in [6, 6.07) is -0.434. The van der Waals surface area contributed by atoms with Crippen LogP contribution in [-0.2, 0) is 14.3 Å². The first-order valence-corrected chi connectivity index (χ1v) is 9.64. The zero-order chi connectivity index (χ0) is 21.2. The highest BCUT2D eigenvalue weighted by Crippen LogP contribution is 2.53. The Balaban J connectivity index is 2.14. The van der Waals surface area contributed by atoms with E-state index in [1.165, 1.54) is 4.57 Å². The first kappa shape index (κ1) is 20.8. The van der Waals surface area contributed by atoms with Crippen LogP contribution in [0.5, 0.6) is 0 Å². The summed E-state index contributed by atoms with van der Waals surface area (Å²) >= 11 is 0. The van der Waals surface area contributed by atoms with Crippen molar-refractivity contribution in [2.24, 2.45) is 5.41 Å². The molecule has 28 heavy (non-hydrogen) atoms. The molecule has 4 atom stereocenters. The molecule has 1 aromatic heterocycles. The molecule has 3 heterocycles. The van der Waals surface area contributed by atoms with Crippen molar-refractivity contribution in [3.05, 3.63) is 22.2 Å². The predicted octanol–water partition coefficient (Wildman–Crippen LogP) is 1.86. The quantitative estimate of drug-likeness (QED) is 0.843. The molecule has 0 spiro atoms. The maximum atomic E-state index is 13.2. The Kier molecular flexibility index (Phi) is 4.67. The summed E-state index contributed by atoms with van der Waals surface area (Å²) in [7, 11) is 1.74. The van der Waals surface area contributed by atoms with Gasteiger partial charge in [0.15, 0.2) is 11.8 Å². The van der Waals surface area contributed by atoms with E-state index in [2.05, 4.69) is 25.8 Å². The van der Waals surface area contributed by atoms with Gasteiger partial charge in [-0.1, -0.05) is 20.8 Å². The molecule has 0 saturated carbocycles. The van der Waals surface area contributed by atoms with E-state index >= 15 is 0 Å². The van der Waals surface area contributed by atoms with Gasteiger partial charge in [0.05, 0.1) is 5.60 Å². The summed E-state index contributed by atoms with van der Waals surface area (Å²) in [5.74, 6) is 0.0897. The molecule has 2 fully saturated rings. The number of carbonyl (C=O) groups excluding carboxylic acids is 1. The zero-order valence-corrected chi connectivity index (χ0v) is 18.1. The number of nitrogens with two attached hydrogens (primary N) is 1. The van der Waals surface area contributed by atoms with E-state index in [0.29, 0.717) is 12.0 Å². The van der Waals surface area contributed by atoms with Crippen molar-refractivity contribution in [2.45, 2.75) is 84.5 Å². The van der Waals surface area contributed by atoms with Crippen LogP contribution in [-0.4, -0.2) is 50.8 Å². The Morgan fingerprint density at radius 1 is 1.25 bits per heavy atom. The fourth-order valence-electron chi connectivity index (χ4n) is 4.31. The van der Waals surface area contributed by atoms with E-state index < -0.39 is 35.3 Å². The average molecular weight is 393 g/mol. The van der Waals surface area contributed by atoms with Gasteiger partial charge >= 0.3 is 5.69 Å². The maximum Gasteiger partial charge on any atom is 0.351 e. The number of carbonyl (C=O) groups is 1. The molecule has 8 nitrogen and oxygen atoms in total. The van der Waals surface area contributed by atoms with Crippen LogP contribution in [0.15, 0.2) is 11.0 Å². The molecule has 0 aromatic carbocycles. The molecule has 2 aliphatic heterocycles. The molecule has 2 N–H and O–H groups in total. The van der Waals surface area contributed by atoms with Gasteiger partial charge in [-0.3, -0.25) is 9.36 Å². The number of likely N-dealkylation sites (N-methyl/N-ethyl adjacent to an activating group) is 1. The highest BCUT2D eigenvalue weighted by atomic mass is 16.6. The van der Waals surface area contributed by atoms with E-state index in [0.717, 1.165) is 0 Å². The second-order valence-electron chi connectivity index (χ2n) is 10.2. The molecule has 2 saturated heterocycles. The number of aryl methyl sites for hydroxylation is 1. The molecule has 8 heteroatoms. The van der Waals surface area contributed by atoms with Gasteiger partial charge in [0.25, 0.3) is 5.91 Å². The molecule has 2 aliphatic rings. The van der Waals surface area contributed by atoms with Gasteiger partial charge in [-0.2, -0.15) is 4.98 Å². The van der Waals surface area contributed by atoms with E-state index in [9.17, 15) is 9.59 Å². The Morgan fingerprint density at radius 2 is 1.86 bits per heavy atom. The van der Waals surface area contributed by atoms with Gasteiger partial charge in [-0.25, -0.2) is 4.79 Å². The lowest BCUT2D eigenvalue weighted by atomic mass is 9.79. The van der Waals surface area contributed by atoms with Crippen LogP contribution in [0, 0.1) is 12.3 Å². The minimum atomic E-state index is -1.15. The number of hydrogen-bond acceptors (Lipinski definition) is 6. The van der Waals surface area contributed by atoms with Crippen LogP contribution in [0.2, 0.25) is 0 Å². The van der Waals surface area contributed by atoms with Crippen molar-refractivity contribution in [3.8, 4) is 0 Å². The lowest BCUT2D eigenvalue weighted by Crippen LogP contribution is -2.52. The Morgan fingerprint density at radius 3 is 2.39 bits per heavy atom. The van der Waals surface area contributed by atoms with Crippen LogP contribution < -0.4 is 11.4 Å². The number of amides is 1. The van der Waals surface area contributed by atoms with E-state index in [1.807, 2.05) is 20.8 Å². The zero-order valence-electron chi connectivity index (χ0n) is 18.1. The van der Waals surface area contributed by atoms with Crippen LogP contribution in [0.25, 0.3) is 0 Å². The highest BCUT2D eigenvalue weighted by Gasteiger charge is 2.70. The van der Waals surface area contributed by atoms with Crippen LogP contribution in [0.4, 0.5) is 5.82 Å². The average Bonchev–Trinajstić information content (AvgIpc) is 2.88. The third kappa shape index (κ3) is 3.33. The van der Waals surface area contributed by atoms with Gasteiger partial charge in [0.2, 0.25) is 0 Å². The molecule has 156 valence electrons. The Hall–Kier alpha value is -1.93. The fraction of sp³-hybridized carbons (Fsp3) is 0.750. The molecule has 1 aromatic rings. The number of aromatic nitrogens is 2. The Bertz CT molecular complexity index is 851. The highest BCUT2D eigenvalue weighted by molar-refractivity contribution is 5.90. The molecule has 2 unspecified atom stereocenters. The fourth-order valence-corrected chi connectivity index (χ4v) is 4.31. The number of likely N-dealkylation sites (tertiary alicyclic amines) is 1. The molecule has 2 bridgehead atoms. The number of morpholine rings is 1. The normalized spacial score (nSPS) is 30.4. The van der Waals surface area contributed by atoms with Crippen LogP contribution in [0.3, 0.4) is 0 Å². The molecular weight excluding hydrogens is 360 g/mol. The second-order valence-corrected chi connectivity index (χ2v) is 10.2. The van der Waals surface area contributed by atoms with Gasteiger partial charge < -0.3 is 20.1 Å². The number of nitrogens with zero attached hydrogens (tertiary/aromatic N) is 3. The summed E-state index contributed by atoms with van der Waals surface area (Å²) in [5.41, 5.74) is 4.15. The smallest absolute Gasteiger partial charge is 0.351 e. The second kappa shape index (κ2) is 6.29. The Labute approximate surface area is 166 Å². The maximum absolute atomic E-state index is 13.2. The molecule has 3 rings (SSSR count). The van der Waals surface area contributed by atoms with Crippen molar-refractivity contribution in [1.82, 2.24) is 14.5 Å². The van der Waals surface area contributed by atoms with E-state index in [1.54, 1.807) is 25.1 Å². The van der Waals surface area contributed by atoms with E-state index in [4.69, 9.17) is 15.2 Å². The summed E-state index contributed by atoms with van der Waals surface area (Å²) < 4.78 is 14.2.